The van der Waals surface area contributed by atoms with Crippen molar-refractivity contribution in [3.8, 4) is 5.75 Å². The van der Waals surface area contributed by atoms with E-state index in [1.54, 1.807) is 12.1 Å². The highest BCUT2D eigenvalue weighted by Crippen LogP contribution is 2.15. The Labute approximate surface area is 78.3 Å². The van der Waals surface area contributed by atoms with Crippen LogP contribution in [0.1, 0.15) is 13.8 Å². The molecule has 0 bridgehead atoms. The Morgan fingerprint density at radius 3 is 2.75 bits per heavy atom. The highest BCUT2D eigenvalue weighted by atomic mass is 35.5. The molecule has 0 N–H and O–H groups in total. The molecule has 0 fully saturated rings. The maximum Gasteiger partial charge on any atom is 0.127 e. The van der Waals surface area contributed by atoms with Crippen molar-refractivity contribution in [2.75, 3.05) is 6.61 Å². The van der Waals surface area contributed by atoms with E-state index in [0.717, 1.165) is 12.4 Å². The first-order valence-electron chi connectivity index (χ1n) is 3.98. The van der Waals surface area contributed by atoms with Gasteiger partial charge in [-0.1, -0.05) is 25.4 Å². The lowest BCUT2D eigenvalue weighted by Crippen LogP contribution is -2.04. The highest BCUT2D eigenvalue weighted by Gasteiger charge is 1.96. The number of hydrogen-bond donors (Lipinski definition) is 0. The molecular weight excluding hydrogens is 172 g/mol. The molecule has 0 aromatic heterocycles. The van der Waals surface area contributed by atoms with Crippen molar-refractivity contribution < 1.29 is 4.74 Å². The van der Waals surface area contributed by atoms with E-state index in [0.29, 0.717) is 10.9 Å². The summed E-state index contributed by atoms with van der Waals surface area (Å²) in [4.78, 5) is 0. The second-order valence-electron chi connectivity index (χ2n) is 3.08. The SMILES string of the molecule is CC(C)COc1[c]cc(Cl)cc1. The quantitative estimate of drug-likeness (QED) is 0.700. The average molecular weight is 184 g/mol. The van der Waals surface area contributed by atoms with Crippen LogP contribution in [0.3, 0.4) is 0 Å². The predicted octanol–water partition coefficient (Wildman–Crippen LogP) is 3.17. The summed E-state index contributed by atoms with van der Waals surface area (Å²) in [6.45, 7) is 4.93. The molecule has 0 heterocycles. The smallest absolute Gasteiger partial charge is 0.127 e. The molecule has 1 rings (SSSR count). The molecule has 0 atom stereocenters. The van der Waals surface area contributed by atoms with Crippen molar-refractivity contribution in [1.82, 2.24) is 0 Å². The fraction of sp³-hybridized carbons (Fsp3) is 0.400. The van der Waals surface area contributed by atoms with E-state index < -0.39 is 0 Å². The van der Waals surface area contributed by atoms with Gasteiger partial charge in [0.25, 0.3) is 0 Å². The van der Waals surface area contributed by atoms with Crippen LogP contribution in [-0.2, 0) is 0 Å². The van der Waals surface area contributed by atoms with Crippen LogP contribution < -0.4 is 4.74 Å². The Kier molecular flexibility index (Phi) is 3.42. The van der Waals surface area contributed by atoms with Gasteiger partial charge >= 0.3 is 0 Å². The lowest BCUT2D eigenvalue weighted by atomic mass is 10.2. The molecule has 0 saturated carbocycles. The molecule has 65 valence electrons. The van der Waals surface area contributed by atoms with E-state index in [1.807, 2.05) is 6.07 Å². The van der Waals surface area contributed by atoms with E-state index in [9.17, 15) is 0 Å². The van der Waals surface area contributed by atoms with Gasteiger partial charge in [0.15, 0.2) is 0 Å². The topological polar surface area (TPSA) is 9.23 Å². The molecule has 0 unspecified atom stereocenters. The van der Waals surface area contributed by atoms with Crippen molar-refractivity contribution in [2.45, 2.75) is 13.8 Å². The van der Waals surface area contributed by atoms with Crippen LogP contribution in [-0.4, -0.2) is 6.61 Å². The number of rotatable bonds is 3. The second kappa shape index (κ2) is 4.36. The first-order chi connectivity index (χ1) is 5.68. The van der Waals surface area contributed by atoms with Crippen LogP contribution >= 0.6 is 11.6 Å². The van der Waals surface area contributed by atoms with Gasteiger partial charge < -0.3 is 4.74 Å². The largest absolute Gasteiger partial charge is 0.493 e. The first kappa shape index (κ1) is 9.40. The van der Waals surface area contributed by atoms with Gasteiger partial charge in [-0.25, -0.2) is 0 Å². The summed E-state index contributed by atoms with van der Waals surface area (Å²) in [5.74, 6) is 1.29. The molecule has 12 heavy (non-hydrogen) atoms. The van der Waals surface area contributed by atoms with Gasteiger partial charge in [0, 0.05) is 11.1 Å². The molecule has 0 aliphatic rings. The monoisotopic (exact) mass is 183 g/mol. The fourth-order valence-corrected chi connectivity index (χ4v) is 0.855. The Bertz CT molecular complexity index is 228. The van der Waals surface area contributed by atoms with Crippen LogP contribution in [0.25, 0.3) is 0 Å². The summed E-state index contributed by atoms with van der Waals surface area (Å²) in [7, 11) is 0. The third-order valence-electron chi connectivity index (χ3n) is 1.32. The Balaban J connectivity index is 2.48. The van der Waals surface area contributed by atoms with Gasteiger partial charge in [-0.05, 0) is 24.1 Å². The Morgan fingerprint density at radius 1 is 1.50 bits per heavy atom. The van der Waals surface area contributed by atoms with Crippen LogP contribution in [0.5, 0.6) is 5.75 Å². The number of ether oxygens (including phenoxy) is 1. The van der Waals surface area contributed by atoms with E-state index in [2.05, 4.69) is 19.9 Å². The van der Waals surface area contributed by atoms with Crippen LogP contribution in [0, 0.1) is 12.0 Å². The fourth-order valence-electron chi connectivity index (χ4n) is 0.738. The number of hydrogen-bond acceptors (Lipinski definition) is 1. The summed E-state index contributed by atoms with van der Waals surface area (Å²) in [5, 5.41) is 0.687. The zero-order valence-corrected chi connectivity index (χ0v) is 8.06. The minimum atomic E-state index is 0.536. The molecule has 0 aliphatic heterocycles. The lowest BCUT2D eigenvalue weighted by molar-refractivity contribution is 0.270. The van der Waals surface area contributed by atoms with Gasteiger partial charge in [-0.15, -0.1) is 0 Å². The Morgan fingerprint density at radius 2 is 2.25 bits per heavy atom. The predicted molar refractivity (Wildman–Crippen MR) is 50.6 cm³/mol. The standard InChI is InChI=1S/C10H12ClO/c1-8(2)7-12-10-5-3-9(11)4-6-10/h3-5,8H,7H2,1-2H3. The minimum Gasteiger partial charge on any atom is -0.493 e. The zero-order chi connectivity index (χ0) is 8.97. The molecule has 1 radical (unpaired) electrons. The summed E-state index contributed by atoms with van der Waals surface area (Å²) in [5.41, 5.74) is 0. The maximum atomic E-state index is 5.69. The van der Waals surface area contributed by atoms with E-state index >= 15 is 0 Å². The van der Waals surface area contributed by atoms with Crippen molar-refractivity contribution >= 4 is 11.6 Å². The molecule has 1 aromatic carbocycles. The van der Waals surface area contributed by atoms with Gasteiger partial charge in [0.1, 0.15) is 5.75 Å². The number of halogens is 1. The Hall–Kier alpha value is -0.690. The van der Waals surface area contributed by atoms with Crippen molar-refractivity contribution in [3.63, 3.8) is 0 Å². The molecule has 0 amide bonds. The summed E-state index contributed by atoms with van der Waals surface area (Å²) < 4.78 is 5.41. The molecule has 1 aromatic rings. The van der Waals surface area contributed by atoms with E-state index in [-0.39, 0.29) is 0 Å². The minimum absolute atomic E-state index is 0.536. The third-order valence-corrected chi connectivity index (χ3v) is 1.55. The van der Waals surface area contributed by atoms with Crippen molar-refractivity contribution in [1.29, 1.82) is 0 Å². The average Bonchev–Trinajstić information content (AvgIpc) is 2.03. The maximum absolute atomic E-state index is 5.69. The van der Waals surface area contributed by atoms with E-state index in [4.69, 9.17) is 16.3 Å². The molecule has 1 nitrogen and oxygen atoms in total. The van der Waals surface area contributed by atoms with Gasteiger partial charge in [-0.2, -0.15) is 0 Å². The van der Waals surface area contributed by atoms with Gasteiger partial charge in [0.05, 0.1) is 6.61 Å². The number of benzene rings is 1. The molecule has 0 saturated heterocycles. The van der Waals surface area contributed by atoms with Crippen LogP contribution in [0.4, 0.5) is 0 Å². The molecule has 0 aliphatic carbocycles. The summed E-state index contributed by atoms with van der Waals surface area (Å²) in [6, 6.07) is 8.27. The third kappa shape index (κ3) is 3.14. The van der Waals surface area contributed by atoms with Crippen LogP contribution in [0.15, 0.2) is 18.2 Å². The van der Waals surface area contributed by atoms with E-state index in [1.165, 1.54) is 0 Å². The normalized spacial score (nSPS) is 10.3. The van der Waals surface area contributed by atoms with Crippen LogP contribution in [0.2, 0.25) is 5.02 Å². The molecule has 2 heteroatoms. The first-order valence-corrected chi connectivity index (χ1v) is 4.36. The lowest BCUT2D eigenvalue weighted by Gasteiger charge is -2.07. The van der Waals surface area contributed by atoms with Gasteiger partial charge in [-0.3, -0.25) is 0 Å². The summed E-state index contributed by atoms with van der Waals surface area (Å²) in [6.07, 6.45) is 0. The highest BCUT2D eigenvalue weighted by molar-refractivity contribution is 6.30. The summed E-state index contributed by atoms with van der Waals surface area (Å²) >= 11 is 5.69. The molecule has 0 spiro atoms. The van der Waals surface area contributed by atoms with Crippen molar-refractivity contribution in [3.05, 3.63) is 29.3 Å². The second-order valence-corrected chi connectivity index (χ2v) is 3.51. The molecular formula is C10H12ClO. The zero-order valence-electron chi connectivity index (χ0n) is 7.30. The van der Waals surface area contributed by atoms with Gasteiger partial charge in [0.2, 0.25) is 0 Å². The van der Waals surface area contributed by atoms with Crippen molar-refractivity contribution in [2.24, 2.45) is 5.92 Å².